The van der Waals surface area contributed by atoms with Gasteiger partial charge in [-0.2, -0.15) is 13.2 Å². The Hall–Kier alpha value is -3.72. The van der Waals surface area contributed by atoms with Crippen molar-refractivity contribution in [1.82, 2.24) is 29.7 Å². The highest BCUT2D eigenvalue weighted by molar-refractivity contribution is 8.13. The first kappa shape index (κ1) is 37.1. The second-order valence-electron chi connectivity index (χ2n) is 13.4. The molecule has 2 N–H and O–H groups in total. The predicted octanol–water partition coefficient (Wildman–Crippen LogP) is 7.23. The van der Waals surface area contributed by atoms with Crippen LogP contribution in [0, 0.1) is 5.41 Å². The van der Waals surface area contributed by atoms with Crippen molar-refractivity contribution < 1.29 is 32.2 Å². The van der Waals surface area contributed by atoms with Crippen molar-refractivity contribution >= 4 is 40.6 Å². The van der Waals surface area contributed by atoms with Crippen LogP contribution in [0.3, 0.4) is 0 Å². The van der Waals surface area contributed by atoms with Crippen molar-refractivity contribution in [3.63, 3.8) is 0 Å². The minimum absolute atomic E-state index is 0.0878. The summed E-state index contributed by atoms with van der Waals surface area (Å²) >= 11 is 7.23. The fraction of sp³-hybridized carbons (Fsp3) is 0.531. The molecule has 48 heavy (non-hydrogen) atoms. The van der Waals surface area contributed by atoms with E-state index in [1.807, 2.05) is 34.6 Å². The molecule has 1 atom stereocenters. The lowest BCUT2D eigenvalue weighted by atomic mass is 10.0. The average molecular weight is 712 g/mol. The number of pyridine rings is 1. The van der Waals surface area contributed by atoms with E-state index >= 15 is 0 Å². The summed E-state index contributed by atoms with van der Waals surface area (Å²) in [6.45, 7) is 17.5. The maximum atomic E-state index is 13.1. The van der Waals surface area contributed by atoms with E-state index in [4.69, 9.17) is 21.1 Å². The zero-order valence-corrected chi connectivity index (χ0v) is 29.2. The Labute approximate surface area is 287 Å². The molecule has 2 aromatic heterocycles. The summed E-state index contributed by atoms with van der Waals surface area (Å²) in [6.07, 6.45) is 0.0593. The van der Waals surface area contributed by atoms with Gasteiger partial charge < -0.3 is 14.8 Å². The molecule has 4 rings (SSSR count). The van der Waals surface area contributed by atoms with Crippen molar-refractivity contribution in [2.24, 2.45) is 10.4 Å². The predicted molar refractivity (Wildman–Crippen MR) is 179 cm³/mol. The Kier molecular flexibility index (Phi) is 11.1. The van der Waals surface area contributed by atoms with Gasteiger partial charge in [-0.05, 0) is 84.9 Å². The van der Waals surface area contributed by atoms with Crippen LogP contribution in [0.2, 0.25) is 5.15 Å². The van der Waals surface area contributed by atoms with E-state index in [-0.39, 0.29) is 66.0 Å². The Morgan fingerprint density at radius 2 is 1.92 bits per heavy atom. The van der Waals surface area contributed by atoms with E-state index in [1.54, 1.807) is 4.90 Å². The van der Waals surface area contributed by atoms with Crippen LogP contribution in [0.4, 0.5) is 18.0 Å². The number of carbonyl (C=O) groups is 2. The van der Waals surface area contributed by atoms with E-state index in [1.165, 1.54) is 35.2 Å². The van der Waals surface area contributed by atoms with Crippen LogP contribution < -0.4 is 14.8 Å². The highest BCUT2D eigenvalue weighted by Gasteiger charge is 2.62. The van der Waals surface area contributed by atoms with Crippen LogP contribution in [0.5, 0.6) is 5.88 Å². The van der Waals surface area contributed by atoms with Gasteiger partial charge in [-0.3, -0.25) is 14.4 Å². The topological polar surface area (TPSA) is 123 Å². The third-order valence-electron chi connectivity index (χ3n) is 8.07. The van der Waals surface area contributed by atoms with E-state index in [0.717, 1.165) is 24.8 Å². The van der Waals surface area contributed by atoms with E-state index in [9.17, 15) is 22.8 Å². The lowest BCUT2D eigenvalue weighted by molar-refractivity contribution is -0.190. The monoisotopic (exact) mass is 711 g/mol. The SMILES string of the molecule is C=C/C(=N\C(=C)NCC1CCC(C)(C)N1C(=O)OC(C)(C)C)SNC(=O)c1ccc(-n2ccc(OCCC3(C(F)(F)F)CC3)n2)nc1Cl. The zero-order chi connectivity index (χ0) is 35.5. The fourth-order valence-corrected chi connectivity index (χ4v) is 6.03. The standard InChI is InChI=1S/C32H41ClF3N7O4S/c1-8-25(38-20(2)37-19-21-11-13-30(6,7)43(21)28(45)47-29(3,4)5)48-41-27(44)22-9-10-23(39-26(22)33)42-17-12-24(40-42)46-18-16-31(14-15-31)32(34,35)36/h8-10,12,17,21,37H,1-2,11,13-16,18-19H2,3-7H3,(H,41,44)/b38-25+. The van der Waals surface area contributed by atoms with Gasteiger partial charge in [0.15, 0.2) is 5.82 Å². The number of rotatable bonds is 11. The van der Waals surface area contributed by atoms with Crippen molar-refractivity contribution in [2.75, 3.05) is 13.2 Å². The molecule has 0 bridgehead atoms. The van der Waals surface area contributed by atoms with Gasteiger partial charge in [0.05, 0.1) is 23.6 Å². The third kappa shape index (κ3) is 9.24. The van der Waals surface area contributed by atoms with Crippen molar-refractivity contribution in [3.8, 4) is 11.7 Å². The molecule has 1 unspecified atom stereocenters. The molecule has 16 heteroatoms. The molecule has 2 amide bonds. The number of alkyl halides is 3. The van der Waals surface area contributed by atoms with Crippen LogP contribution in [0.25, 0.3) is 5.82 Å². The number of nitrogens with one attached hydrogen (secondary N) is 2. The second kappa shape index (κ2) is 14.4. The summed E-state index contributed by atoms with van der Waals surface area (Å²) in [5, 5.41) is 7.60. The van der Waals surface area contributed by atoms with Gasteiger partial charge in [-0.1, -0.05) is 24.8 Å². The van der Waals surface area contributed by atoms with Crippen LogP contribution in [0.1, 0.15) is 77.1 Å². The number of ether oxygens (including phenoxy) is 2. The van der Waals surface area contributed by atoms with Crippen molar-refractivity contribution in [3.05, 3.63) is 60.2 Å². The molecule has 3 heterocycles. The molecule has 0 spiro atoms. The maximum Gasteiger partial charge on any atom is 0.411 e. The molecular formula is C32H41ClF3N7O4S. The number of halogens is 4. The largest absolute Gasteiger partial charge is 0.477 e. The summed E-state index contributed by atoms with van der Waals surface area (Å²) in [5.41, 5.74) is -2.54. The Morgan fingerprint density at radius 1 is 1.21 bits per heavy atom. The molecule has 1 aliphatic carbocycles. The number of carbonyl (C=O) groups excluding carboxylic acids is 2. The summed E-state index contributed by atoms with van der Waals surface area (Å²) in [6, 6.07) is 4.36. The minimum atomic E-state index is -4.24. The summed E-state index contributed by atoms with van der Waals surface area (Å²) in [4.78, 5) is 36.2. The van der Waals surface area contributed by atoms with E-state index in [2.05, 4.69) is 38.3 Å². The van der Waals surface area contributed by atoms with Crippen LogP contribution in [-0.4, -0.2) is 73.2 Å². The third-order valence-corrected chi connectivity index (χ3v) is 9.11. The lowest BCUT2D eigenvalue weighted by Gasteiger charge is -2.37. The second-order valence-corrected chi connectivity index (χ2v) is 14.5. The molecule has 1 saturated heterocycles. The Bertz CT molecular complexity index is 1570. The van der Waals surface area contributed by atoms with Crippen LogP contribution >= 0.6 is 23.5 Å². The van der Waals surface area contributed by atoms with Gasteiger partial charge >= 0.3 is 12.3 Å². The number of likely N-dealkylation sites (tertiary alicyclic amines) is 1. The molecule has 1 saturated carbocycles. The summed E-state index contributed by atoms with van der Waals surface area (Å²) in [7, 11) is 0. The highest BCUT2D eigenvalue weighted by Crippen LogP contribution is 2.59. The van der Waals surface area contributed by atoms with Gasteiger partial charge in [-0.25, -0.2) is 19.5 Å². The molecule has 2 aliphatic rings. The average Bonchev–Trinajstić information content (AvgIpc) is 3.53. The Balaban J connectivity index is 1.28. The number of aliphatic imine (C=N–C) groups is 1. The normalized spacial score (nSPS) is 18.6. The van der Waals surface area contributed by atoms with Gasteiger partial charge in [-0.15, -0.1) is 5.10 Å². The van der Waals surface area contributed by atoms with Crippen molar-refractivity contribution in [1.29, 1.82) is 0 Å². The van der Waals surface area contributed by atoms with Gasteiger partial charge in [0.2, 0.25) is 5.88 Å². The molecule has 11 nitrogen and oxygen atoms in total. The first-order valence-corrected chi connectivity index (χ1v) is 16.6. The summed E-state index contributed by atoms with van der Waals surface area (Å²) < 4.78 is 54.5. The number of hydrogen-bond donors (Lipinski definition) is 2. The molecule has 1 aliphatic heterocycles. The van der Waals surface area contributed by atoms with Crippen LogP contribution in [-0.2, 0) is 4.74 Å². The van der Waals surface area contributed by atoms with Gasteiger partial charge in [0, 0.05) is 36.3 Å². The molecular weight excluding hydrogens is 671 g/mol. The number of nitrogens with zero attached hydrogens (tertiary/aromatic N) is 5. The molecule has 0 aromatic carbocycles. The first-order chi connectivity index (χ1) is 22.3. The number of hydrogen-bond acceptors (Lipinski definition) is 9. The van der Waals surface area contributed by atoms with E-state index < -0.39 is 23.1 Å². The minimum Gasteiger partial charge on any atom is -0.477 e. The fourth-order valence-electron chi connectivity index (χ4n) is 5.25. The smallest absolute Gasteiger partial charge is 0.411 e. The maximum absolute atomic E-state index is 13.1. The highest BCUT2D eigenvalue weighted by atomic mass is 35.5. The number of amides is 2. The van der Waals surface area contributed by atoms with E-state index in [0.29, 0.717) is 17.4 Å². The quantitative estimate of drug-likeness (QED) is 0.108. The Morgan fingerprint density at radius 3 is 2.52 bits per heavy atom. The summed E-state index contributed by atoms with van der Waals surface area (Å²) in [5.74, 6) is 0.199. The van der Waals surface area contributed by atoms with Gasteiger partial charge in [0.25, 0.3) is 5.91 Å². The molecule has 0 radical (unpaired) electrons. The zero-order valence-electron chi connectivity index (χ0n) is 27.6. The lowest BCUT2D eigenvalue weighted by Crippen LogP contribution is -2.51. The van der Waals surface area contributed by atoms with Crippen molar-refractivity contribution in [2.45, 2.75) is 90.1 Å². The number of aromatic nitrogens is 3. The molecule has 2 aromatic rings. The molecule has 262 valence electrons. The van der Waals surface area contributed by atoms with Gasteiger partial charge in [0.1, 0.15) is 21.6 Å². The molecule has 2 fully saturated rings. The first-order valence-electron chi connectivity index (χ1n) is 15.4. The van der Waals surface area contributed by atoms with Crippen LogP contribution in [0.15, 0.2) is 54.4 Å².